The quantitative estimate of drug-likeness (QED) is 0.176. The second-order valence-electron chi connectivity index (χ2n) is 8.27. The molecule has 0 aromatic heterocycles. The van der Waals surface area contributed by atoms with E-state index >= 15 is 0 Å². The third-order valence-corrected chi connectivity index (χ3v) is 6.35. The molecule has 5 unspecified atom stereocenters. The second-order valence-corrected chi connectivity index (χ2v) is 9.25. The van der Waals surface area contributed by atoms with Crippen molar-refractivity contribution in [1.82, 2.24) is 21.3 Å². The molecule has 1 rings (SSSR count). The number of aliphatic carboxylic acids is 1. The predicted octanol–water partition coefficient (Wildman–Crippen LogP) is -0.658. The van der Waals surface area contributed by atoms with Gasteiger partial charge in [-0.2, -0.15) is 11.8 Å². The van der Waals surface area contributed by atoms with Crippen LogP contribution in [0.3, 0.4) is 0 Å². The Morgan fingerprint density at radius 2 is 1.79 bits per heavy atom. The van der Waals surface area contributed by atoms with Crippen LogP contribution in [-0.4, -0.2) is 77.4 Å². The fourth-order valence-electron chi connectivity index (χ4n) is 3.45. The van der Waals surface area contributed by atoms with Gasteiger partial charge in [-0.15, -0.1) is 0 Å². The zero-order valence-corrected chi connectivity index (χ0v) is 20.3. The van der Waals surface area contributed by atoms with Crippen LogP contribution in [0.4, 0.5) is 0 Å². The van der Waals surface area contributed by atoms with E-state index in [1.165, 1.54) is 11.8 Å². The summed E-state index contributed by atoms with van der Waals surface area (Å²) in [6.45, 7) is 4.31. The molecule has 0 saturated carbocycles. The summed E-state index contributed by atoms with van der Waals surface area (Å²) in [7, 11) is 0. The smallest absolute Gasteiger partial charge is 0.326 e. The average molecular weight is 488 g/mol. The zero-order valence-electron chi connectivity index (χ0n) is 19.5. The third kappa shape index (κ3) is 9.99. The molecule has 0 aliphatic carbocycles. The maximum atomic E-state index is 13.0. The van der Waals surface area contributed by atoms with Crippen molar-refractivity contribution >= 4 is 41.4 Å². The summed E-state index contributed by atoms with van der Waals surface area (Å²) >= 11 is 1.46. The molecule has 1 aliphatic rings. The monoisotopic (exact) mass is 487 g/mol. The summed E-state index contributed by atoms with van der Waals surface area (Å²) in [6.07, 6.45) is 3.98. The molecular weight excluding hydrogens is 450 g/mol. The Hall–Kier alpha value is -2.34. The largest absolute Gasteiger partial charge is 0.480 e. The van der Waals surface area contributed by atoms with Crippen LogP contribution in [-0.2, 0) is 24.0 Å². The molecule has 7 N–H and O–H groups in total. The number of hydrogen-bond donors (Lipinski definition) is 6. The first-order chi connectivity index (χ1) is 15.6. The van der Waals surface area contributed by atoms with Gasteiger partial charge in [0, 0.05) is 6.42 Å². The predicted molar refractivity (Wildman–Crippen MR) is 125 cm³/mol. The van der Waals surface area contributed by atoms with Crippen LogP contribution in [0.25, 0.3) is 0 Å². The van der Waals surface area contributed by atoms with Gasteiger partial charge in [0.2, 0.25) is 23.6 Å². The van der Waals surface area contributed by atoms with Gasteiger partial charge >= 0.3 is 5.97 Å². The highest BCUT2D eigenvalue weighted by Crippen LogP contribution is 2.12. The van der Waals surface area contributed by atoms with Gasteiger partial charge in [-0.1, -0.05) is 20.3 Å². The minimum Gasteiger partial charge on any atom is -0.480 e. The Balaban J connectivity index is 2.94. The number of carboxylic acids is 1. The first kappa shape index (κ1) is 28.7. The Kier molecular flexibility index (Phi) is 12.8. The maximum Gasteiger partial charge on any atom is 0.326 e. The van der Waals surface area contributed by atoms with Gasteiger partial charge in [-0.25, -0.2) is 4.79 Å². The SMILES string of the molecule is CCC(C)C(NC(=O)C(CCC(N)=O)NC(=O)C1CCCN1)C(=O)NC(CCSC)C(=O)O. The van der Waals surface area contributed by atoms with Crippen molar-refractivity contribution in [2.45, 2.75) is 76.5 Å². The summed E-state index contributed by atoms with van der Waals surface area (Å²) in [5, 5.41) is 20.3. The molecule has 0 aromatic rings. The van der Waals surface area contributed by atoms with Crippen molar-refractivity contribution in [3.63, 3.8) is 0 Å². The van der Waals surface area contributed by atoms with Crippen molar-refractivity contribution in [1.29, 1.82) is 0 Å². The lowest BCUT2D eigenvalue weighted by Gasteiger charge is -2.28. The molecule has 0 bridgehead atoms. The first-order valence-corrected chi connectivity index (χ1v) is 12.6. The molecule has 11 nitrogen and oxygen atoms in total. The summed E-state index contributed by atoms with van der Waals surface area (Å²) in [5.41, 5.74) is 5.22. The highest BCUT2D eigenvalue weighted by molar-refractivity contribution is 7.98. The van der Waals surface area contributed by atoms with Crippen molar-refractivity contribution in [3.8, 4) is 0 Å². The van der Waals surface area contributed by atoms with Crippen LogP contribution in [0, 0.1) is 5.92 Å². The number of thioether (sulfide) groups is 1. The molecule has 33 heavy (non-hydrogen) atoms. The minimum atomic E-state index is -1.15. The summed E-state index contributed by atoms with van der Waals surface area (Å²) in [6, 6.07) is -3.56. The van der Waals surface area contributed by atoms with Crippen LogP contribution >= 0.6 is 11.8 Å². The molecule has 1 heterocycles. The molecule has 1 fully saturated rings. The van der Waals surface area contributed by atoms with Crippen LogP contribution in [0.2, 0.25) is 0 Å². The number of carboxylic acid groups (broad SMARTS) is 1. The molecular formula is C21H37N5O6S. The number of nitrogens with one attached hydrogen (secondary N) is 4. The van der Waals surface area contributed by atoms with Gasteiger partial charge in [-0.3, -0.25) is 19.2 Å². The van der Waals surface area contributed by atoms with Crippen molar-refractivity contribution in [2.75, 3.05) is 18.6 Å². The molecule has 12 heteroatoms. The van der Waals surface area contributed by atoms with Crippen molar-refractivity contribution in [3.05, 3.63) is 0 Å². The van der Waals surface area contributed by atoms with Crippen LogP contribution < -0.4 is 27.0 Å². The average Bonchev–Trinajstić information content (AvgIpc) is 3.31. The molecule has 1 aliphatic heterocycles. The summed E-state index contributed by atoms with van der Waals surface area (Å²) in [4.78, 5) is 61.3. The van der Waals surface area contributed by atoms with Gasteiger partial charge in [0.05, 0.1) is 6.04 Å². The van der Waals surface area contributed by atoms with Crippen molar-refractivity contribution in [2.24, 2.45) is 11.7 Å². The van der Waals surface area contributed by atoms with Crippen LogP contribution in [0.1, 0.15) is 52.4 Å². The van der Waals surface area contributed by atoms with E-state index in [1.54, 1.807) is 6.92 Å². The van der Waals surface area contributed by atoms with Gasteiger partial charge in [0.25, 0.3) is 0 Å². The molecule has 188 valence electrons. The lowest BCUT2D eigenvalue weighted by Crippen LogP contribution is -2.58. The lowest BCUT2D eigenvalue weighted by molar-refractivity contribution is -0.142. The fourth-order valence-corrected chi connectivity index (χ4v) is 3.92. The standard InChI is InChI=1S/C21H37N5O6S/c1-4-12(2)17(20(30)25-15(21(31)32)9-11-33-3)26-19(29)14(7-8-16(22)27)24-18(28)13-6-5-10-23-13/h12-15,17,23H,4-11H2,1-3H3,(H2,22,27)(H,24,28)(H,25,30)(H,26,29)(H,31,32). The van der Waals surface area contributed by atoms with E-state index in [4.69, 9.17) is 5.73 Å². The number of primary amides is 1. The number of hydrogen-bond acceptors (Lipinski definition) is 7. The van der Waals surface area contributed by atoms with Crippen LogP contribution in [0.15, 0.2) is 0 Å². The van der Waals surface area contributed by atoms with E-state index in [0.29, 0.717) is 25.1 Å². The van der Waals surface area contributed by atoms with Gasteiger partial charge < -0.3 is 32.1 Å². The van der Waals surface area contributed by atoms with E-state index in [0.717, 1.165) is 6.42 Å². The van der Waals surface area contributed by atoms with E-state index < -0.39 is 47.9 Å². The number of nitrogens with two attached hydrogens (primary N) is 1. The molecule has 4 amide bonds. The lowest BCUT2D eigenvalue weighted by atomic mass is 9.97. The Labute approximate surface area is 198 Å². The van der Waals surface area contributed by atoms with E-state index in [1.807, 2.05) is 13.2 Å². The first-order valence-electron chi connectivity index (χ1n) is 11.2. The second kappa shape index (κ2) is 14.7. The van der Waals surface area contributed by atoms with Gasteiger partial charge in [-0.05, 0) is 50.2 Å². The topological polar surface area (TPSA) is 180 Å². The zero-order chi connectivity index (χ0) is 25.0. The van der Waals surface area contributed by atoms with E-state index in [9.17, 15) is 29.1 Å². The molecule has 0 aromatic carbocycles. The Bertz CT molecular complexity index is 701. The number of amides is 4. The number of carbonyl (C=O) groups excluding carboxylic acids is 4. The molecule has 0 radical (unpaired) electrons. The minimum absolute atomic E-state index is 0.0139. The van der Waals surface area contributed by atoms with E-state index in [2.05, 4.69) is 21.3 Å². The van der Waals surface area contributed by atoms with Crippen LogP contribution in [0.5, 0.6) is 0 Å². The van der Waals surface area contributed by atoms with Crippen molar-refractivity contribution < 1.29 is 29.1 Å². The summed E-state index contributed by atoms with van der Waals surface area (Å²) in [5.74, 6) is -3.11. The van der Waals surface area contributed by atoms with Gasteiger partial charge in [0.15, 0.2) is 0 Å². The fraction of sp³-hybridized carbons (Fsp3) is 0.762. The Morgan fingerprint density at radius 3 is 2.30 bits per heavy atom. The number of rotatable bonds is 15. The highest BCUT2D eigenvalue weighted by atomic mass is 32.2. The third-order valence-electron chi connectivity index (χ3n) is 5.71. The Morgan fingerprint density at radius 1 is 1.09 bits per heavy atom. The normalized spacial score (nSPS) is 19.1. The van der Waals surface area contributed by atoms with Gasteiger partial charge in [0.1, 0.15) is 18.1 Å². The molecule has 5 atom stereocenters. The highest BCUT2D eigenvalue weighted by Gasteiger charge is 2.33. The summed E-state index contributed by atoms with van der Waals surface area (Å²) < 4.78 is 0. The van der Waals surface area contributed by atoms with E-state index in [-0.39, 0.29) is 31.1 Å². The number of carbonyl (C=O) groups is 5. The molecule has 1 saturated heterocycles. The molecule has 0 spiro atoms. The maximum absolute atomic E-state index is 13.0.